The van der Waals surface area contributed by atoms with Crippen molar-refractivity contribution in [3.63, 3.8) is 0 Å². The first kappa shape index (κ1) is 26.8. The highest BCUT2D eigenvalue weighted by molar-refractivity contribution is 9.10. The predicted octanol–water partition coefficient (Wildman–Crippen LogP) is 5.93. The molecule has 7 rings (SSSR count). The number of carboxylic acids is 1. The number of carbonyl (C=O) groups excluding carboxylic acids is 1. The molecule has 214 valence electrons. The van der Waals surface area contributed by atoms with Gasteiger partial charge in [-0.15, -0.1) is 0 Å². The summed E-state index contributed by atoms with van der Waals surface area (Å²) in [5.41, 5.74) is 4.84. The molecule has 41 heavy (non-hydrogen) atoms. The summed E-state index contributed by atoms with van der Waals surface area (Å²) in [5, 5.41) is 13.7. The number of halogens is 1. The molecular weight excluding hydrogens is 582 g/mol. The number of Topliss-reactive ketones (excluding diaryl/α,β-unsaturated/α-hetero) is 1. The van der Waals surface area contributed by atoms with Crippen LogP contribution >= 0.6 is 15.9 Å². The Balaban J connectivity index is 1.16. The number of nitrogens with zero attached hydrogens (tertiary/aromatic N) is 4. The number of carboxylic acid groups (broad SMARTS) is 1. The van der Waals surface area contributed by atoms with Crippen molar-refractivity contribution in [1.29, 1.82) is 0 Å². The van der Waals surface area contributed by atoms with Gasteiger partial charge in [0.05, 0.1) is 11.1 Å². The molecule has 2 heterocycles. The summed E-state index contributed by atoms with van der Waals surface area (Å²) in [7, 11) is 0. The van der Waals surface area contributed by atoms with E-state index in [9.17, 15) is 14.7 Å². The lowest BCUT2D eigenvalue weighted by molar-refractivity contribution is -0.138. The van der Waals surface area contributed by atoms with Crippen molar-refractivity contribution in [1.82, 2.24) is 14.5 Å². The fourth-order valence-corrected chi connectivity index (χ4v) is 7.59. The average molecular weight is 619 g/mol. The van der Waals surface area contributed by atoms with E-state index in [-0.39, 0.29) is 12.2 Å². The minimum absolute atomic E-state index is 0.165. The molecule has 4 fully saturated rings. The van der Waals surface area contributed by atoms with Crippen molar-refractivity contribution in [3.8, 4) is 5.69 Å². The van der Waals surface area contributed by atoms with Gasteiger partial charge in [-0.1, -0.05) is 47.3 Å². The van der Waals surface area contributed by atoms with Crippen molar-refractivity contribution >= 4 is 50.2 Å². The van der Waals surface area contributed by atoms with Gasteiger partial charge in [-0.05, 0) is 74.1 Å². The number of benzene rings is 1. The van der Waals surface area contributed by atoms with E-state index < -0.39 is 22.3 Å². The molecule has 1 unspecified atom stereocenters. The molecule has 2 atom stereocenters. The van der Waals surface area contributed by atoms with E-state index >= 15 is 0 Å². The van der Waals surface area contributed by atoms with Gasteiger partial charge in [0.2, 0.25) is 0 Å². The van der Waals surface area contributed by atoms with Crippen LogP contribution < -0.4 is 5.32 Å². The van der Waals surface area contributed by atoms with Crippen molar-refractivity contribution < 1.29 is 14.7 Å². The minimum Gasteiger partial charge on any atom is -0.480 e. The first-order chi connectivity index (χ1) is 19.9. The molecule has 9 heteroatoms. The van der Waals surface area contributed by atoms with Crippen LogP contribution in [0.4, 0.5) is 5.69 Å². The maximum absolute atomic E-state index is 12.8. The molecule has 4 saturated carbocycles. The number of hydrogen-bond donors (Lipinski definition) is 2. The van der Waals surface area contributed by atoms with Crippen molar-refractivity contribution in [2.24, 2.45) is 22.2 Å². The number of nitrogens with one attached hydrogen (secondary N) is 1. The lowest BCUT2D eigenvalue weighted by Gasteiger charge is -2.47. The number of aliphatic imine (C=N–C) groups is 1. The van der Waals surface area contributed by atoms with Gasteiger partial charge in [-0.2, -0.15) is 0 Å². The summed E-state index contributed by atoms with van der Waals surface area (Å²) in [4.78, 5) is 39.2. The van der Waals surface area contributed by atoms with Gasteiger partial charge in [0, 0.05) is 37.0 Å². The van der Waals surface area contributed by atoms with E-state index in [1.165, 1.54) is 25.7 Å². The van der Waals surface area contributed by atoms with Crippen LogP contribution in [0.1, 0.15) is 69.2 Å². The van der Waals surface area contributed by atoms with Crippen LogP contribution in [-0.2, 0) is 22.4 Å². The second-order valence-corrected chi connectivity index (χ2v) is 13.4. The number of aliphatic carboxylic acids is 1. The molecule has 2 N–H and O–H groups in total. The standard InChI is InChI=1S/C32H36BrN5O3/c33-26-28(32(29(26)39)13-2-1-3-14-32)36-24(31(40)41)16-19-8-10-22(11-9-19)38-25(17-20-4-5-20)37-27-23(12-15-34-30(27)38)35-18-21-6-7-21/h8-12,15,20-21,24,26H,1-7,13-14,16-18H2,(H,34,35)(H,40,41)/t24-,26?/m0/s1. The van der Waals surface area contributed by atoms with E-state index in [2.05, 4.69) is 25.8 Å². The van der Waals surface area contributed by atoms with Gasteiger partial charge in [0.15, 0.2) is 17.5 Å². The zero-order chi connectivity index (χ0) is 28.1. The van der Waals surface area contributed by atoms with Crippen molar-refractivity contribution in [2.45, 2.75) is 81.5 Å². The van der Waals surface area contributed by atoms with Crippen LogP contribution in [0.15, 0.2) is 41.5 Å². The maximum atomic E-state index is 12.8. The van der Waals surface area contributed by atoms with E-state index in [0.29, 0.717) is 5.92 Å². The minimum atomic E-state index is -0.964. The van der Waals surface area contributed by atoms with E-state index in [1.807, 2.05) is 36.5 Å². The summed E-state index contributed by atoms with van der Waals surface area (Å²) in [6.07, 6.45) is 12.8. The maximum Gasteiger partial charge on any atom is 0.328 e. The predicted molar refractivity (Wildman–Crippen MR) is 162 cm³/mol. The lowest BCUT2D eigenvalue weighted by Crippen LogP contribution is -2.61. The molecule has 3 aromatic rings. The fourth-order valence-electron chi connectivity index (χ4n) is 6.59. The zero-order valence-electron chi connectivity index (χ0n) is 23.2. The largest absolute Gasteiger partial charge is 0.480 e. The lowest BCUT2D eigenvalue weighted by atomic mass is 9.58. The topological polar surface area (TPSA) is 109 Å². The van der Waals surface area contributed by atoms with Gasteiger partial charge in [0.1, 0.15) is 16.2 Å². The van der Waals surface area contributed by atoms with Gasteiger partial charge in [0.25, 0.3) is 0 Å². The van der Waals surface area contributed by atoms with Gasteiger partial charge in [-0.25, -0.2) is 14.8 Å². The number of pyridine rings is 1. The second-order valence-electron chi connectivity index (χ2n) is 12.5. The molecule has 4 aliphatic rings. The van der Waals surface area contributed by atoms with Crippen LogP contribution in [0.25, 0.3) is 16.9 Å². The summed E-state index contributed by atoms with van der Waals surface area (Å²) >= 11 is 3.48. The molecular formula is C32H36BrN5O3. The fraction of sp³-hybridized carbons (Fsp3) is 0.531. The Kier molecular flexibility index (Phi) is 6.96. The van der Waals surface area contributed by atoms with Gasteiger partial charge >= 0.3 is 5.97 Å². The van der Waals surface area contributed by atoms with Gasteiger partial charge in [-0.3, -0.25) is 14.4 Å². The molecule has 8 nitrogen and oxygen atoms in total. The third kappa shape index (κ3) is 5.11. The Morgan fingerprint density at radius 2 is 1.83 bits per heavy atom. The molecule has 0 aliphatic heterocycles. The van der Waals surface area contributed by atoms with E-state index in [1.54, 1.807) is 0 Å². The Hall–Kier alpha value is -3.07. The highest BCUT2D eigenvalue weighted by Gasteiger charge is 2.58. The third-order valence-electron chi connectivity index (χ3n) is 9.40. The number of anilines is 1. The number of rotatable bonds is 10. The quantitative estimate of drug-likeness (QED) is 0.273. The molecule has 0 radical (unpaired) electrons. The normalized spacial score (nSPS) is 23.6. The summed E-state index contributed by atoms with van der Waals surface area (Å²) < 4.78 is 2.16. The highest BCUT2D eigenvalue weighted by Crippen LogP contribution is 2.49. The Labute approximate surface area is 248 Å². The number of carbonyl (C=O) groups is 2. The second kappa shape index (κ2) is 10.6. The van der Waals surface area contributed by atoms with Crippen LogP contribution in [0.3, 0.4) is 0 Å². The van der Waals surface area contributed by atoms with Gasteiger partial charge < -0.3 is 10.4 Å². The number of fused-ring (bicyclic) bond motifs is 1. The molecule has 0 amide bonds. The Bertz CT molecular complexity index is 1520. The summed E-state index contributed by atoms with van der Waals surface area (Å²) in [6, 6.07) is 9.14. The number of imidazole rings is 1. The Morgan fingerprint density at radius 3 is 2.51 bits per heavy atom. The average Bonchev–Trinajstić information content (AvgIpc) is 3.93. The highest BCUT2D eigenvalue weighted by atomic mass is 79.9. The SMILES string of the molecule is O=C(O)[C@H](Cc1ccc(-n2c(CC3CC3)nc3c(NCC4CC4)ccnc32)cc1)N=C1C(Br)C(=O)C12CCCCC2. The number of ketones is 1. The molecule has 2 aromatic heterocycles. The van der Waals surface area contributed by atoms with Crippen molar-refractivity contribution in [3.05, 3.63) is 47.9 Å². The van der Waals surface area contributed by atoms with Crippen LogP contribution in [-0.4, -0.2) is 54.5 Å². The molecule has 4 aliphatic carbocycles. The number of aromatic nitrogens is 3. The molecule has 0 saturated heterocycles. The van der Waals surface area contributed by atoms with Crippen LogP contribution in [0, 0.1) is 17.3 Å². The summed E-state index contributed by atoms with van der Waals surface area (Å²) in [6.45, 7) is 0.971. The van der Waals surface area contributed by atoms with Crippen molar-refractivity contribution in [2.75, 3.05) is 11.9 Å². The van der Waals surface area contributed by atoms with E-state index in [0.717, 1.165) is 90.6 Å². The van der Waals surface area contributed by atoms with Crippen LogP contribution in [0.2, 0.25) is 0 Å². The Morgan fingerprint density at radius 1 is 1.10 bits per heavy atom. The molecule has 1 spiro atoms. The molecule has 0 bridgehead atoms. The summed E-state index contributed by atoms with van der Waals surface area (Å²) in [5.74, 6) is 1.66. The smallest absolute Gasteiger partial charge is 0.328 e. The first-order valence-corrected chi connectivity index (χ1v) is 16.0. The monoisotopic (exact) mass is 617 g/mol. The third-order valence-corrected chi connectivity index (χ3v) is 10.3. The van der Waals surface area contributed by atoms with E-state index in [4.69, 9.17) is 15.0 Å². The molecule has 1 aromatic carbocycles. The number of hydrogen-bond acceptors (Lipinski definition) is 6. The van der Waals surface area contributed by atoms with Crippen LogP contribution in [0.5, 0.6) is 0 Å². The first-order valence-electron chi connectivity index (χ1n) is 15.1. The zero-order valence-corrected chi connectivity index (χ0v) is 24.8. The number of alkyl halides is 1.